The number of halogens is 2. The second kappa shape index (κ2) is 7.02. The van der Waals surface area contributed by atoms with E-state index in [1.54, 1.807) is 19.3 Å². The molecule has 4 aromatic rings. The van der Waals surface area contributed by atoms with Gasteiger partial charge in [-0.05, 0) is 48.2 Å². The SMILES string of the molecule is Cc1cc2ccc(C(=O)N(C)C3COCc4[nH]c(=O)c5cc(F)c(F)cc5c43)cn2c1. The molecule has 0 radical (unpaired) electrons. The molecule has 1 amide bonds. The number of carbonyl (C=O) groups excluding carboxylic acids is 1. The van der Waals surface area contributed by atoms with Crippen molar-refractivity contribution in [2.75, 3.05) is 13.7 Å². The highest BCUT2D eigenvalue weighted by molar-refractivity contribution is 5.95. The van der Waals surface area contributed by atoms with Crippen LogP contribution in [-0.4, -0.2) is 33.8 Å². The molecule has 8 heteroatoms. The smallest absolute Gasteiger partial charge is 0.256 e. The van der Waals surface area contributed by atoms with Crippen LogP contribution < -0.4 is 5.56 Å². The Morgan fingerprint density at radius 1 is 1.16 bits per heavy atom. The van der Waals surface area contributed by atoms with Crippen molar-refractivity contribution in [2.24, 2.45) is 0 Å². The highest BCUT2D eigenvalue weighted by Gasteiger charge is 2.31. The number of likely N-dealkylation sites (N-methyl/N-ethyl adjacent to an activating group) is 1. The lowest BCUT2D eigenvalue weighted by Gasteiger charge is -2.34. The molecule has 3 aromatic heterocycles. The summed E-state index contributed by atoms with van der Waals surface area (Å²) < 4.78 is 35.3. The molecular formula is C23H19F2N3O3. The first-order valence-electron chi connectivity index (χ1n) is 9.80. The van der Waals surface area contributed by atoms with Crippen LogP contribution >= 0.6 is 0 Å². The largest absolute Gasteiger partial charge is 0.373 e. The van der Waals surface area contributed by atoms with Crippen LogP contribution in [0.1, 0.15) is 33.2 Å². The third-order valence-corrected chi connectivity index (χ3v) is 5.80. The van der Waals surface area contributed by atoms with E-state index in [0.29, 0.717) is 16.8 Å². The topological polar surface area (TPSA) is 66.8 Å². The van der Waals surface area contributed by atoms with Crippen molar-refractivity contribution in [3.05, 3.63) is 87.1 Å². The van der Waals surface area contributed by atoms with Gasteiger partial charge in [-0.1, -0.05) is 0 Å². The van der Waals surface area contributed by atoms with Crippen LogP contribution in [0, 0.1) is 18.6 Å². The molecule has 1 aliphatic heterocycles. The number of ether oxygens (including phenoxy) is 1. The molecule has 0 saturated carbocycles. The van der Waals surface area contributed by atoms with Crippen molar-refractivity contribution in [1.82, 2.24) is 14.3 Å². The molecule has 0 fully saturated rings. The summed E-state index contributed by atoms with van der Waals surface area (Å²) in [5, 5.41) is 0.316. The van der Waals surface area contributed by atoms with Crippen LogP contribution in [0.5, 0.6) is 0 Å². The molecule has 1 N–H and O–H groups in total. The van der Waals surface area contributed by atoms with Gasteiger partial charge in [0.05, 0.1) is 30.2 Å². The minimum absolute atomic E-state index is 0.0367. The standard InChI is InChI=1S/C23H19F2N3O3/c1-12-5-14-4-3-13(9-28(14)8-12)23(30)27(2)20-11-31-10-19-21(20)15-6-17(24)18(25)7-16(15)22(29)26-19/h3-9,20H,10-11H2,1-2H3,(H,26,29). The van der Waals surface area contributed by atoms with Gasteiger partial charge in [-0.2, -0.15) is 0 Å². The van der Waals surface area contributed by atoms with Crippen molar-refractivity contribution in [3.8, 4) is 0 Å². The molecule has 1 unspecified atom stereocenters. The van der Waals surface area contributed by atoms with Gasteiger partial charge in [0, 0.05) is 36.2 Å². The van der Waals surface area contributed by atoms with E-state index in [4.69, 9.17) is 4.74 Å². The first-order valence-corrected chi connectivity index (χ1v) is 9.80. The molecule has 158 valence electrons. The normalized spacial score (nSPS) is 15.9. The number of benzene rings is 1. The van der Waals surface area contributed by atoms with E-state index in [1.165, 1.54) is 4.90 Å². The number of fused-ring (bicyclic) bond motifs is 4. The molecule has 1 aliphatic rings. The van der Waals surface area contributed by atoms with Crippen molar-refractivity contribution in [1.29, 1.82) is 0 Å². The van der Waals surface area contributed by atoms with E-state index in [2.05, 4.69) is 4.98 Å². The number of nitrogens with zero attached hydrogens (tertiary/aromatic N) is 2. The Balaban J connectivity index is 1.61. The molecule has 1 atom stereocenters. The molecule has 1 aromatic carbocycles. The molecule has 0 aliphatic carbocycles. The van der Waals surface area contributed by atoms with Crippen molar-refractivity contribution in [2.45, 2.75) is 19.6 Å². The summed E-state index contributed by atoms with van der Waals surface area (Å²) in [6.45, 7) is 2.26. The predicted octanol–water partition coefficient (Wildman–Crippen LogP) is 3.71. The molecule has 0 bridgehead atoms. The average Bonchev–Trinajstić information content (AvgIpc) is 3.12. The first-order chi connectivity index (χ1) is 14.8. The Morgan fingerprint density at radius 3 is 2.68 bits per heavy atom. The fourth-order valence-electron chi connectivity index (χ4n) is 4.27. The van der Waals surface area contributed by atoms with Gasteiger partial charge < -0.3 is 19.0 Å². The second-order valence-corrected chi connectivity index (χ2v) is 7.87. The van der Waals surface area contributed by atoms with Crippen LogP contribution in [0.2, 0.25) is 0 Å². The third-order valence-electron chi connectivity index (χ3n) is 5.80. The maximum atomic E-state index is 14.1. The lowest BCUT2D eigenvalue weighted by molar-refractivity contribution is 0.0335. The van der Waals surface area contributed by atoms with E-state index < -0.39 is 23.2 Å². The summed E-state index contributed by atoms with van der Waals surface area (Å²) in [6.07, 6.45) is 3.69. The number of aryl methyl sites for hydroxylation is 1. The van der Waals surface area contributed by atoms with Gasteiger partial charge in [0.2, 0.25) is 0 Å². The maximum absolute atomic E-state index is 14.1. The zero-order valence-corrected chi connectivity index (χ0v) is 16.9. The zero-order chi connectivity index (χ0) is 21.9. The number of H-pyrrole nitrogens is 1. The van der Waals surface area contributed by atoms with E-state index in [0.717, 1.165) is 23.2 Å². The van der Waals surface area contributed by atoms with Gasteiger partial charge in [0.25, 0.3) is 11.5 Å². The van der Waals surface area contributed by atoms with Gasteiger partial charge >= 0.3 is 0 Å². The zero-order valence-electron chi connectivity index (χ0n) is 16.9. The van der Waals surface area contributed by atoms with Crippen molar-refractivity contribution < 1.29 is 18.3 Å². The second-order valence-electron chi connectivity index (χ2n) is 7.87. The number of rotatable bonds is 2. The van der Waals surface area contributed by atoms with Gasteiger partial charge in [0.1, 0.15) is 0 Å². The van der Waals surface area contributed by atoms with Gasteiger partial charge in [0.15, 0.2) is 11.6 Å². The van der Waals surface area contributed by atoms with Gasteiger partial charge in [-0.3, -0.25) is 9.59 Å². The fraction of sp³-hybridized carbons (Fsp3) is 0.217. The maximum Gasteiger partial charge on any atom is 0.256 e. The monoisotopic (exact) mass is 423 g/mol. The fourth-order valence-corrected chi connectivity index (χ4v) is 4.27. The summed E-state index contributed by atoms with van der Waals surface area (Å²) in [7, 11) is 1.63. The molecule has 31 heavy (non-hydrogen) atoms. The third kappa shape index (κ3) is 3.11. The quantitative estimate of drug-likeness (QED) is 0.535. The lowest BCUT2D eigenvalue weighted by Crippen LogP contribution is -2.37. The number of nitrogens with one attached hydrogen (secondary N) is 1. The van der Waals surface area contributed by atoms with Crippen LogP contribution in [-0.2, 0) is 11.3 Å². The summed E-state index contributed by atoms with van der Waals surface area (Å²) in [5.74, 6) is -2.40. The number of pyridine rings is 2. The van der Waals surface area contributed by atoms with Crippen LogP contribution in [0.15, 0.2) is 47.5 Å². The average molecular weight is 423 g/mol. The predicted molar refractivity (Wildman–Crippen MR) is 111 cm³/mol. The summed E-state index contributed by atoms with van der Waals surface area (Å²) >= 11 is 0. The Hall–Kier alpha value is -3.52. The summed E-state index contributed by atoms with van der Waals surface area (Å²) in [5.41, 5.74) is 3.02. The minimum atomic E-state index is -1.10. The molecular weight excluding hydrogens is 404 g/mol. The Bertz CT molecular complexity index is 1420. The molecule has 0 saturated heterocycles. The first kappa shape index (κ1) is 19.4. The lowest BCUT2D eigenvalue weighted by atomic mass is 9.95. The number of amides is 1. The van der Waals surface area contributed by atoms with Crippen LogP contribution in [0.3, 0.4) is 0 Å². The molecule has 5 rings (SSSR count). The van der Waals surface area contributed by atoms with Crippen molar-refractivity contribution >= 4 is 22.2 Å². The Kier molecular flexibility index (Phi) is 4.40. The van der Waals surface area contributed by atoms with E-state index >= 15 is 0 Å². The molecule has 0 spiro atoms. The highest BCUT2D eigenvalue weighted by Crippen LogP contribution is 2.34. The van der Waals surface area contributed by atoms with E-state index in [9.17, 15) is 18.4 Å². The van der Waals surface area contributed by atoms with Gasteiger partial charge in [-0.25, -0.2) is 8.78 Å². The summed E-state index contributed by atoms with van der Waals surface area (Å²) in [6, 6.07) is 6.95. The van der Waals surface area contributed by atoms with E-state index in [-0.39, 0.29) is 29.9 Å². The number of hydrogen-bond acceptors (Lipinski definition) is 3. The minimum Gasteiger partial charge on any atom is -0.373 e. The number of hydrogen-bond donors (Lipinski definition) is 1. The Morgan fingerprint density at radius 2 is 1.90 bits per heavy atom. The summed E-state index contributed by atoms with van der Waals surface area (Å²) in [4.78, 5) is 29.9. The highest BCUT2D eigenvalue weighted by atomic mass is 19.2. The number of aromatic amines is 1. The van der Waals surface area contributed by atoms with Crippen molar-refractivity contribution in [3.63, 3.8) is 0 Å². The molecule has 4 heterocycles. The van der Waals surface area contributed by atoms with Crippen LogP contribution in [0.4, 0.5) is 8.78 Å². The number of aromatic nitrogens is 2. The Labute approximate surface area is 175 Å². The number of carbonyl (C=O) groups is 1. The van der Waals surface area contributed by atoms with Gasteiger partial charge in [-0.15, -0.1) is 0 Å². The van der Waals surface area contributed by atoms with Crippen LogP contribution in [0.25, 0.3) is 16.3 Å². The molecule has 6 nitrogen and oxygen atoms in total. The van der Waals surface area contributed by atoms with E-state index in [1.807, 2.05) is 29.7 Å².